The number of halogens is 3. The number of rotatable bonds is 7. The Balaban J connectivity index is 1.95. The van der Waals surface area contributed by atoms with Crippen LogP contribution in [-0.2, 0) is 6.61 Å². The van der Waals surface area contributed by atoms with Gasteiger partial charge in [-0.05, 0) is 58.8 Å². The number of ether oxygens (including phenoxy) is 2. The fraction of sp³-hybridized carbons (Fsp3) is 0.125. The molecule has 152 valence electrons. The summed E-state index contributed by atoms with van der Waals surface area (Å²) in [5, 5.41) is 10.2. The Hall–Kier alpha value is -2.81. The standard InChI is InChI=1S/C24H18BrClFNO2/c1-2-29-23-13-16(11-18(14-28)19-8-4-6-10-22(19)27)12-20(25)24(23)30-15-17-7-3-5-9-21(17)26/h3-13H,2,15H2,1H3/b18-11-. The van der Waals surface area contributed by atoms with Crippen LogP contribution in [-0.4, -0.2) is 6.61 Å². The first kappa shape index (κ1) is 21.9. The molecule has 0 aliphatic heterocycles. The van der Waals surface area contributed by atoms with Gasteiger partial charge < -0.3 is 9.47 Å². The van der Waals surface area contributed by atoms with Crippen LogP contribution < -0.4 is 9.47 Å². The first-order valence-corrected chi connectivity index (χ1v) is 10.4. The van der Waals surface area contributed by atoms with E-state index in [1.165, 1.54) is 6.07 Å². The van der Waals surface area contributed by atoms with E-state index in [1.807, 2.05) is 25.1 Å². The van der Waals surface area contributed by atoms with Crippen LogP contribution in [0.15, 0.2) is 65.1 Å². The summed E-state index contributed by atoms with van der Waals surface area (Å²) in [5.74, 6) is 0.586. The highest BCUT2D eigenvalue weighted by Crippen LogP contribution is 2.38. The van der Waals surface area contributed by atoms with Gasteiger partial charge in [-0.3, -0.25) is 0 Å². The third-order valence-corrected chi connectivity index (χ3v) is 5.21. The Morgan fingerprint density at radius 1 is 1.13 bits per heavy atom. The summed E-state index contributed by atoms with van der Waals surface area (Å²) in [6.45, 7) is 2.57. The normalized spacial score (nSPS) is 11.1. The van der Waals surface area contributed by atoms with Crippen molar-refractivity contribution in [3.63, 3.8) is 0 Å². The van der Waals surface area contributed by atoms with Crippen molar-refractivity contribution in [2.75, 3.05) is 6.61 Å². The molecular weight excluding hydrogens is 469 g/mol. The van der Waals surface area contributed by atoms with Crippen LogP contribution in [0.5, 0.6) is 11.5 Å². The van der Waals surface area contributed by atoms with Gasteiger partial charge in [-0.2, -0.15) is 5.26 Å². The molecule has 3 aromatic carbocycles. The molecule has 0 unspecified atom stereocenters. The summed E-state index contributed by atoms with van der Waals surface area (Å²) in [6.07, 6.45) is 1.61. The predicted molar refractivity (Wildman–Crippen MR) is 121 cm³/mol. The van der Waals surface area contributed by atoms with Gasteiger partial charge in [-0.25, -0.2) is 4.39 Å². The van der Waals surface area contributed by atoms with E-state index in [-0.39, 0.29) is 17.7 Å². The predicted octanol–water partition coefficient (Wildman–Crippen LogP) is 7.28. The molecule has 0 bridgehead atoms. The van der Waals surface area contributed by atoms with Crippen molar-refractivity contribution in [2.24, 2.45) is 0 Å². The molecule has 0 amide bonds. The van der Waals surface area contributed by atoms with E-state index in [0.29, 0.717) is 33.2 Å². The van der Waals surface area contributed by atoms with Gasteiger partial charge in [0.25, 0.3) is 0 Å². The molecule has 0 spiro atoms. The molecule has 0 heterocycles. The third-order valence-electron chi connectivity index (χ3n) is 4.26. The molecule has 3 nitrogen and oxygen atoms in total. The quantitative estimate of drug-likeness (QED) is 0.260. The average molecular weight is 487 g/mol. The Morgan fingerprint density at radius 2 is 1.87 bits per heavy atom. The molecule has 3 rings (SSSR count). The van der Waals surface area contributed by atoms with Crippen LogP contribution in [0, 0.1) is 17.1 Å². The smallest absolute Gasteiger partial charge is 0.175 e. The number of hydrogen-bond acceptors (Lipinski definition) is 3. The zero-order valence-electron chi connectivity index (χ0n) is 16.2. The van der Waals surface area contributed by atoms with Crippen molar-refractivity contribution in [1.29, 1.82) is 5.26 Å². The highest BCUT2D eigenvalue weighted by atomic mass is 79.9. The number of allylic oxidation sites excluding steroid dienone is 1. The molecule has 0 fully saturated rings. The summed E-state index contributed by atoms with van der Waals surface area (Å²) < 4.78 is 26.5. The molecule has 0 N–H and O–H groups in total. The maximum atomic E-state index is 14.1. The highest BCUT2D eigenvalue weighted by molar-refractivity contribution is 9.10. The van der Waals surface area contributed by atoms with Crippen LogP contribution in [0.4, 0.5) is 4.39 Å². The lowest BCUT2D eigenvalue weighted by Crippen LogP contribution is -2.01. The molecule has 0 radical (unpaired) electrons. The zero-order valence-corrected chi connectivity index (χ0v) is 18.5. The van der Waals surface area contributed by atoms with E-state index in [0.717, 1.165) is 5.56 Å². The van der Waals surface area contributed by atoms with Gasteiger partial charge in [0.15, 0.2) is 11.5 Å². The number of nitrogens with zero attached hydrogens (tertiary/aromatic N) is 1. The number of benzene rings is 3. The topological polar surface area (TPSA) is 42.2 Å². The number of hydrogen-bond donors (Lipinski definition) is 0. The SMILES string of the molecule is CCOc1cc(/C=C(/C#N)c2ccccc2F)cc(Br)c1OCc1ccccc1Cl. The Labute approximate surface area is 188 Å². The van der Waals surface area contributed by atoms with E-state index in [9.17, 15) is 9.65 Å². The van der Waals surface area contributed by atoms with Gasteiger partial charge in [0.1, 0.15) is 12.4 Å². The first-order valence-electron chi connectivity index (χ1n) is 9.22. The fourth-order valence-electron chi connectivity index (χ4n) is 2.86. The van der Waals surface area contributed by atoms with Crippen molar-refractivity contribution < 1.29 is 13.9 Å². The molecule has 0 aliphatic rings. The molecule has 0 atom stereocenters. The molecular formula is C24H18BrClFNO2. The van der Waals surface area contributed by atoms with Crippen LogP contribution >= 0.6 is 27.5 Å². The van der Waals surface area contributed by atoms with E-state index in [2.05, 4.69) is 22.0 Å². The minimum Gasteiger partial charge on any atom is -0.490 e. The summed E-state index contributed by atoms with van der Waals surface area (Å²) in [7, 11) is 0. The lowest BCUT2D eigenvalue weighted by molar-refractivity contribution is 0.267. The lowest BCUT2D eigenvalue weighted by Gasteiger charge is -2.15. The van der Waals surface area contributed by atoms with Gasteiger partial charge in [0.05, 0.1) is 22.7 Å². The van der Waals surface area contributed by atoms with Crippen LogP contribution in [0.3, 0.4) is 0 Å². The van der Waals surface area contributed by atoms with Crippen LogP contribution in [0.2, 0.25) is 5.02 Å². The highest BCUT2D eigenvalue weighted by Gasteiger charge is 2.14. The largest absolute Gasteiger partial charge is 0.490 e. The van der Waals surface area contributed by atoms with Gasteiger partial charge >= 0.3 is 0 Å². The maximum absolute atomic E-state index is 14.1. The van der Waals surface area contributed by atoms with Crippen molar-refractivity contribution in [2.45, 2.75) is 13.5 Å². The van der Waals surface area contributed by atoms with E-state index >= 15 is 0 Å². The molecule has 0 aliphatic carbocycles. The monoisotopic (exact) mass is 485 g/mol. The van der Waals surface area contributed by atoms with Crippen LogP contribution in [0.25, 0.3) is 11.6 Å². The fourth-order valence-corrected chi connectivity index (χ4v) is 3.62. The zero-order chi connectivity index (χ0) is 21.5. The Kier molecular flexibility index (Phi) is 7.51. The minimum absolute atomic E-state index is 0.215. The summed E-state index contributed by atoms with van der Waals surface area (Å²) in [6, 6.07) is 19.2. The minimum atomic E-state index is -0.450. The van der Waals surface area contributed by atoms with E-state index < -0.39 is 5.82 Å². The van der Waals surface area contributed by atoms with Crippen LogP contribution in [0.1, 0.15) is 23.6 Å². The van der Waals surface area contributed by atoms with Crippen molar-refractivity contribution in [1.82, 2.24) is 0 Å². The van der Waals surface area contributed by atoms with Gasteiger partial charge in [0.2, 0.25) is 0 Å². The second-order valence-corrected chi connectivity index (χ2v) is 7.55. The molecule has 0 saturated carbocycles. The van der Waals surface area contributed by atoms with Crippen molar-refractivity contribution in [3.05, 3.63) is 92.7 Å². The Bertz CT molecular complexity index is 1120. The Morgan fingerprint density at radius 3 is 2.57 bits per heavy atom. The molecule has 0 aromatic heterocycles. The first-order chi connectivity index (χ1) is 14.5. The summed E-state index contributed by atoms with van der Waals surface area (Å²) >= 11 is 9.73. The van der Waals surface area contributed by atoms with Gasteiger partial charge in [0, 0.05) is 16.1 Å². The molecule has 30 heavy (non-hydrogen) atoms. The maximum Gasteiger partial charge on any atom is 0.175 e. The second-order valence-electron chi connectivity index (χ2n) is 6.29. The summed E-state index contributed by atoms with van der Waals surface area (Å²) in [4.78, 5) is 0. The lowest BCUT2D eigenvalue weighted by atomic mass is 10.0. The van der Waals surface area contributed by atoms with Crippen molar-refractivity contribution in [3.8, 4) is 17.6 Å². The summed E-state index contributed by atoms with van der Waals surface area (Å²) in [5.41, 5.74) is 1.99. The van der Waals surface area contributed by atoms with Gasteiger partial charge in [-0.1, -0.05) is 48.0 Å². The average Bonchev–Trinajstić information content (AvgIpc) is 2.73. The third kappa shape index (κ3) is 5.21. The van der Waals surface area contributed by atoms with E-state index in [1.54, 1.807) is 42.5 Å². The molecule has 3 aromatic rings. The molecule has 6 heteroatoms. The second kappa shape index (κ2) is 10.3. The van der Waals surface area contributed by atoms with E-state index in [4.69, 9.17) is 21.1 Å². The van der Waals surface area contributed by atoms with Gasteiger partial charge in [-0.15, -0.1) is 0 Å². The van der Waals surface area contributed by atoms with Crippen molar-refractivity contribution >= 4 is 39.2 Å². The molecule has 0 saturated heterocycles. The number of nitriles is 1.